The summed E-state index contributed by atoms with van der Waals surface area (Å²) in [4.78, 5) is 26.3. The molecule has 3 rings (SSSR count). The van der Waals surface area contributed by atoms with Crippen LogP contribution >= 0.6 is 0 Å². The number of rotatable bonds is 6. The van der Waals surface area contributed by atoms with Crippen LogP contribution in [0.3, 0.4) is 0 Å². The molecule has 3 amide bonds. The molecule has 30 heavy (non-hydrogen) atoms. The summed E-state index contributed by atoms with van der Waals surface area (Å²) in [6.07, 6.45) is 1.39. The first-order valence-corrected chi connectivity index (χ1v) is 9.16. The van der Waals surface area contributed by atoms with Gasteiger partial charge in [-0.15, -0.1) is 0 Å². The van der Waals surface area contributed by atoms with Crippen molar-refractivity contribution in [1.82, 2.24) is 10.2 Å². The van der Waals surface area contributed by atoms with Gasteiger partial charge in [0.25, 0.3) is 5.91 Å². The second-order valence-electron chi connectivity index (χ2n) is 6.75. The molecule has 1 aliphatic heterocycles. The number of carbonyl (C=O) groups excluding carboxylic acids is 2. The zero-order valence-electron chi connectivity index (χ0n) is 16.4. The minimum Gasteiger partial charge on any atom is -0.488 e. The van der Waals surface area contributed by atoms with Crippen LogP contribution in [0.4, 0.5) is 19.3 Å². The minimum atomic E-state index is -0.792. The molecule has 7 nitrogen and oxygen atoms in total. The Hall–Kier alpha value is -3.46. The van der Waals surface area contributed by atoms with E-state index in [1.165, 1.54) is 54.5 Å². The molecular formula is C21H21F2N3O4. The molecule has 2 aromatic carbocycles. The first-order valence-electron chi connectivity index (χ1n) is 9.16. The van der Waals surface area contributed by atoms with Crippen molar-refractivity contribution < 1.29 is 28.2 Å². The van der Waals surface area contributed by atoms with Gasteiger partial charge in [-0.3, -0.25) is 4.79 Å². The minimum absolute atomic E-state index is 0.0953. The maximum absolute atomic E-state index is 14.0. The van der Waals surface area contributed by atoms with E-state index < -0.39 is 29.6 Å². The average molecular weight is 417 g/mol. The number of nitrogens with zero attached hydrogens (tertiary/aromatic N) is 1. The summed E-state index contributed by atoms with van der Waals surface area (Å²) >= 11 is 0. The van der Waals surface area contributed by atoms with Crippen molar-refractivity contribution in [1.29, 1.82) is 0 Å². The largest absolute Gasteiger partial charge is 0.488 e. The Morgan fingerprint density at radius 2 is 1.97 bits per heavy atom. The Balaban J connectivity index is 1.91. The van der Waals surface area contributed by atoms with E-state index in [0.29, 0.717) is 16.8 Å². The molecule has 9 heteroatoms. The zero-order chi connectivity index (χ0) is 21.8. The van der Waals surface area contributed by atoms with E-state index in [-0.39, 0.29) is 24.5 Å². The fourth-order valence-corrected chi connectivity index (χ4v) is 3.00. The van der Waals surface area contributed by atoms with Gasteiger partial charge in [-0.1, -0.05) is 12.1 Å². The summed E-state index contributed by atoms with van der Waals surface area (Å²) in [5.41, 5.74) is 1.52. The molecule has 0 aliphatic carbocycles. The van der Waals surface area contributed by atoms with Crippen molar-refractivity contribution in [2.24, 2.45) is 0 Å². The predicted molar refractivity (Wildman–Crippen MR) is 106 cm³/mol. The summed E-state index contributed by atoms with van der Waals surface area (Å²) in [6, 6.07) is 6.78. The number of aliphatic hydroxyl groups excluding tert-OH is 1. The smallest absolute Gasteiger partial charge is 0.321 e. The van der Waals surface area contributed by atoms with Crippen LogP contribution < -0.4 is 15.4 Å². The molecule has 0 saturated heterocycles. The molecule has 158 valence electrons. The van der Waals surface area contributed by atoms with Crippen LogP contribution in [0.1, 0.15) is 17.2 Å². The van der Waals surface area contributed by atoms with Gasteiger partial charge in [0.1, 0.15) is 12.4 Å². The van der Waals surface area contributed by atoms with Gasteiger partial charge >= 0.3 is 6.03 Å². The van der Waals surface area contributed by atoms with Gasteiger partial charge in [-0.2, -0.15) is 0 Å². The molecule has 0 saturated carbocycles. The fourth-order valence-electron chi connectivity index (χ4n) is 3.00. The van der Waals surface area contributed by atoms with E-state index in [9.17, 15) is 18.4 Å². The van der Waals surface area contributed by atoms with Gasteiger partial charge in [0.15, 0.2) is 11.6 Å². The van der Waals surface area contributed by atoms with Gasteiger partial charge in [0.05, 0.1) is 18.2 Å². The van der Waals surface area contributed by atoms with Gasteiger partial charge in [0, 0.05) is 25.0 Å². The predicted octanol–water partition coefficient (Wildman–Crippen LogP) is 2.86. The Morgan fingerprint density at radius 1 is 1.27 bits per heavy atom. The normalized spacial score (nSPS) is 16.0. The number of urea groups is 1. The molecule has 2 aromatic rings. The second-order valence-corrected chi connectivity index (χ2v) is 6.75. The molecule has 0 spiro atoms. The van der Waals surface area contributed by atoms with Gasteiger partial charge < -0.3 is 25.4 Å². The number of benzene rings is 2. The summed E-state index contributed by atoms with van der Waals surface area (Å²) < 4.78 is 32.5. The van der Waals surface area contributed by atoms with E-state index in [0.717, 1.165) is 0 Å². The Kier molecular flexibility index (Phi) is 6.31. The summed E-state index contributed by atoms with van der Waals surface area (Å²) in [6.45, 7) is 1.24. The van der Waals surface area contributed by atoms with Crippen molar-refractivity contribution >= 4 is 17.6 Å². The molecule has 0 aromatic heterocycles. The van der Waals surface area contributed by atoms with Gasteiger partial charge in [0.2, 0.25) is 0 Å². The van der Waals surface area contributed by atoms with E-state index >= 15 is 0 Å². The highest BCUT2D eigenvalue weighted by atomic mass is 19.1. The first-order chi connectivity index (χ1) is 14.3. The van der Waals surface area contributed by atoms with Crippen LogP contribution in [0.25, 0.3) is 0 Å². The van der Waals surface area contributed by atoms with Crippen molar-refractivity contribution in [3.05, 3.63) is 70.9 Å². The number of halogens is 2. The molecule has 3 N–H and O–H groups in total. The number of aliphatic hydroxyl groups is 1. The lowest BCUT2D eigenvalue weighted by molar-refractivity contribution is -0.113. The third kappa shape index (κ3) is 4.57. The summed E-state index contributed by atoms with van der Waals surface area (Å²) in [5.74, 6) is -1.69. The third-order valence-electron chi connectivity index (χ3n) is 4.57. The lowest BCUT2D eigenvalue weighted by Gasteiger charge is -2.30. The third-order valence-corrected chi connectivity index (χ3v) is 4.57. The van der Waals surface area contributed by atoms with E-state index in [1.807, 2.05) is 0 Å². The molecule has 1 aliphatic rings. The number of carbonyl (C=O) groups is 2. The highest BCUT2D eigenvalue weighted by Crippen LogP contribution is 2.30. The zero-order valence-corrected chi connectivity index (χ0v) is 16.4. The lowest BCUT2D eigenvalue weighted by atomic mass is 9.97. The number of hydrogen-bond acceptors (Lipinski definition) is 4. The van der Waals surface area contributed by atoms with Crippen molar-refractivity contribution in [3.63, 3.8) is 0 Å². The molecular weight excluding hydrogens is 396 g/mol. The van der Waals surface area contributed by atoms with Gasteiger partial charge in [-0.25, -0.2) is 13.6 Å². The Morgan fingerprint density at radius 3 is 2.63 bits per heavy atom. The summed E-state index contributed by atoms with van der Waals surface area (Å²) in [7, 11) is 1.49. The van der Waals surface area contributed by atoms with Crippen LogP contribution in [0.2, 0.25) is 0 Å². The Bertz CT molecular complexity index is 992. The number of aryl methyl sites for hydroxylation is 1. The number of ether oxygens (including phenoxy) is 1. The summed E-state index contributed by atoms with van der Waals surface area (Å²) in [5, 5.41) is 14.3. The first kappa shape index (κ1) is 21.3. The lowest BCUT2D eigenvalue weighted by Crippen LogP contribution is -2.44. The standard InChI is InChI=1S/C21H21F2N3O4/c1-12-9-16(23)18(30-8-7-27)10-17(12)24-20(28)15-11-26(2)21(29)25-19(15)13-3-5-14(22)6-4-13/h3-6,9-11,19,27H,7-8H2,1-2H3,(H,24,28)(H,25,29). The Labute approximate surface area is 171 Å². The fraction of sp³-hybridized carbons (Fsp3) is 0.238. The van der Waals surface area contributed by atoms with Crippen molar-refractivity contribution in [2.45, 2.75) is 13.0 Å². The second kappa shape index (κ2) is 8.91. The van der Waals surface area contributed by atoms with Gasteiger partial charge in [-0.05, 0) is 36.2 Å². The monoisotopic (exact) mass is 417 g/mol. The average Bonchev–Trinajstić information content (AvgIpc) is 2.71. The van der Waals surface area contributed by atoms with Crippen molar-refractivity contribution in [3.8, 4) is 5.75 Å². The molecule has 1 atom stereocenters. The molecule has 0 bridgehead atoms. The number of anilines is 1. The quantitative estimate of drug-likeness (QED) is 0.674. The van der Waals surface area contributed by atoms with Crippen LogP contribution in [0, 0.1) is 18.6 Å². The topological polar surface area (TPSA) is 90.9 Å². The maximum Gasteiger partial charge on any atom is 0.321 e. The highest BCUT2D eigenvalue weighted by molar-refractivity contribution is 6.06. The van der Waals surface area contributed by atoms with Crippen LogP contribution in [0.15, 0.2) is 48.2 Å². The molecule has 1 heterocycles. The maximum atomic E-state index is 14.0. The van der Waals surface area contributed by atoms with Crippen LogP contribution in [0.5, 0.6) is 5.75 Å². The number of nitrogens with one attached hydrogen (secondary N) is 2. The molecule has 1 unspecified atom stereocenters. The molecule has 0 fully saturated rings. The van der Waals surface area contributed by atoms with E-state index in [1.54, 1.807) is 6.92 Å². The number of amides is 3. The van der Waals surface area contributed by atoms with E-state index in [2.05, 4.69) is 10.6 Å². The van der Waals surface area contributed by atoms with Crippen molar-refractivity contribution in [2.75, 3.05) is 25.6 Å². The number of hydrogen-bond donors (Lipinski definition) is 3. The SMILES string of the molecule is Cc1cc(F)c(OCCO)cc1NC(=O)C1=CN(C)C(=O)NC1c1ccc(F)cc1. The van der Waals surface area contributed by atoms with Crippen LogP contribution in [-0.2, 0) is 4.79 Å². The van der Waals surface area contributed by atoms with Crippen LogP contribution in [-0.4, -0.2) is 42.2 Å². The van der Waals surface area contributed by atoms with E-state index in [4.69, 9.17) is 9.84 Å². The molecule has 0 radical (unpaired) electrons. The highest BCUT2D eigenvalue weighted by Gasteiger charge is 2.30.